The van der Waals surface area contributed by atoms with Crippen molar-refractivity contribution in [3.05, 3.63) is 75.5 Å². The van der Waals surface area contributed by atoms with Crippen LogP contribution in [-0.2, 0) is 11.3 Å². The Morgan fingerprint density at radius 1 is 0.875 bits per heavy atom. The Morgan fingerprint density at radius 2 is 1.61 bits per heavy atom. The normalized spacial score (nSPS) is 21.0. The fourth-order valence-corrected chi connectivity index (χ4v) is 10.4. The molecule has 1 saturated heterocycles. The highest BCUT2D eigenvalue weighted by Gasteiger charge is 2.53. The van der Waals surface area contributed by atoms with Crippen molar-refractivity contribution in [1.29, 1.82) is 0 Å². The highest BCUT2D eigenvalue weighted by atomic mass is 16.2. The molecule has 0 aromatic carbocycles. The molecule has 6 heterocycles. The maximum atomic E-state index is 13.6. The van der Waals surface area contributed by atoms with Gasteiger partial charge in [-0.3, -0.25) is 33.3 Å². The number of aryl methyl sites for hydroxylation is 3. The van der Waals surface area contributed by atoms with Gasteiger partial charge in [0.15, 0.2) is 11.6 Å². The lowest BCUT2D eigenvalue weighted by atomic mass is 9.52. The van der Waals surface area contributed by atoms with Crippen LogP contribution in [0.2, 0.25) is 0 Å². The lowest BCUT2D eigenvalue weighted by Crippen LogP contribution is -2.60. The van der Waals surface area contributed by atoms with Gasteiger partial charge in [-0.25, -0.2) is 15.0 Å². The monoisotopic (exact) mass is 870 g/mol. The van der Waals surface area contributed by atoms with Crippen LogP contribution in [0.5, 0.6) is 0 Å². The predicted molar refractivity (Wildman–Crippen MR) is 247 cm³/mol. The van der Waals surface area contributed by atoms with Gasteiger partial charge >= 0.3 is 0 Å². The molecule has 9 rings (SSSR count). The molecule has 5 aromatic rings. The standard InChI is InChI=1S/C46H58N14O4/c1-6-59-27(2)19-38(56-59)53-43(63)34-12-14-36(47-5)52-41(34)51-31-22-46(23-31)20-30(21-46)50-39(62)26-57-15-17-58(18-16-57)33-11-13-37(48-24-33)54-45-49-25-35-28(3)40(29(4)61)44(64)60(42(35)55-45)32-9-7-8-10-32/h11-14,19,24-25,30-32H,6-10,15-18,20-23,26H2,1-5H3,(H,50,62)(H2,47,51,52)(H,53,56,63)(H,48,49,54,55). The highest BCUT2D eigenvalue weighted by Crippen LogP contribution is 2.56. The van der Waals surface area contributed by atoms with Crippen molar-refractivity contribution >= 4 is 63.5 Å². The number of carbonyl (C=O) groups is 3. The Kier molecular flexibility index (Phi) is 11.8. The largest absolute Gasteiger partial charge is 0.373 e. The molecule has 0 bridgehead atoms. The molecule has 1 aliphatic heterocycles. The number of Topliss-reactive ketones (excluding diaryl/α,β-unsaturated/α-hetero) is 1. The fourth-order valence-electron chi connectivity index (χ4n) is 10.4. The second-order valence-electron chi connectivity index (χ2n) is 18.1. The van der Waals surface area contributed by atoms with Crippen LogP contribution in [0.15, 0.2) is 47.5 Å². The summed E-state index contributed by atoms with van der Waals surface area (Å²) in [5, 5.41) is 21.2. The van der Waals surface area contributed by atoms with E-state index in [2.05, 4.69) is 56.4 Å². The summed E-state index contributed by atoms with van der Waals surface area (Å²) in [6.07, 6.45) is 11.2. The minimum Gasteiger partial charge on any atom is -0.373 e. The summed E-state index contributed by atoms with van der Waals surface area (Å²) in [6, 6.07) is 9.72. The smallest absolute Gasteiger partial charge is 0.263 e. The molecule has 4 fully saturated rings. The van der Waals surface area contributed by atoms with Crippen molar-refractivity contribution in [1.82, 2.24) is 44.5 Å². The van der Waals surface area contributed by atoms with E-state index in [-0.39, 0.29) is 52.3 Å². The Hall–Kier alpha value is -6.43. The van der Waals surface area contributed by atoms with Gasteiger partial charge in [-0.1, -0.05) is 12.8 Å². The third-order valence-corrected chi connectivity index (χ3v) is 13.7. The molecular weight excluding hydrogens is 813 g/mol. The zero-order chi connectivity index (χ0) is 44.7. The molecule has 5 aromatic heterocycles. The van der Waals surface area contributed by atoms with Crippen molar-refractivity contribution < 1.29 is 14.4 Å². The van der Waals surface area contributed by atoms with Gasteiger partial charge in [0.2, 0.25) is 11.9 Å². The molecular formula is C46H58N14O4. The number of aromatic nitrogens is 7. The molecule has 0 atom stereocenters. The Bertz CT molecular complexity index is 2630. The van der Waals surface area contributed by atoms with Crippen LogP contribution >= 0.6 is 0 Å². The lowest BCUT2D eigenvalue weighted by Gasteiger charge is -2.58. The first kappa shape index (κ1) is 42.9. The molecule has 18 heteroatoms. The van der Waals surface area contributed by atoms with E-state index in [1.54, 1.807) is 36.9 Å². The van der Waals surface area contributed by atoms with Crippen LogP contribution in [0.4, 0.5) is 34.9 Å². The summed E-state index contributed by atoms with van der Waals surface area (Å²) in [6.45, 7) is 11.4. The predicted octanol–water partition coefficient (Wildman–Crippen LogP) is 5.43. The highest BCUT2D eigenvalue weighted by molar-refractivity contribution is 6.07. The molecule has 0 unspecified atom stereocenters. The van der Waals surface area contributed by atoms with E-state index in [9.17, 15) is 19.2 Å². The van der Waals surface area contributed by atoms with Crippen LogP contribution in [0.3, 0.4) is 0 Å². The van der Waals surface area contributed by atoms with Crippen LogP contribution in [0.1, 0.15) is 103 Å². The number of pyridine rings is 3. The zero-order valence-corrected chi connectivity index (χ0v) is 37.3. The van der Waals surface area contributed by atoms with Gasteiger partial charge in [-0.2, -0.15) is 10.1 Å². The fraction of sp³-hybridized carbons (Fsp3) is 0.500. The molecule has 3 saturated carbocycles. The summed E-state index contributed by atoms with van der Waals surface area (Å²) in [7, 11) is 1.81. The Labute approximate surface area is 372 Å². The summed E-state index contributed by atoms with van der Waals surface area (Å²) in [4.78, 5) is 75.7. The number of nitrogens with zero attached hydrogens (tertiary/aromatic N) is 9. The summed E-state index contributed by atoms with van der Waals surface area (Å²) >= 11 is 0. The third-order valence-electron chi connectivity index (χ3n) is 13.7. The van der Waals surface area contributed by atoms with Gasteiger partial charge in [0.1, 0.15) is 23.1 Å². The quantitative estimate of drug-likeness (QED) is 0.0882. The minimum absolute atomic E-state index is 0.00247. The molecule has 336 valence electrons. The first-order valence-electron chi connectivity index (χ1n) is 22.6. The van der Waals surface area contributed by atoms with E-state index in [0.717, 1.165) is 95.5 Å². The van der Waals surface area contributed by atoms with E-state index in [4.69, 9.17) is 4.98 Å². The van der Waals surface area contributed by atoms with Gasteiger partial charge in [0, 0.05) is 81.2 Å². The molecule has 64 heavy (non-hydrogen) atoms. The Balaban J connectivity index is 0.726. The van der Waals surface area contributed by atoms with Gasteiger partial charge in [-0.15, -0.1) is 0 Å². The zero-order valence-electron chi connectivity index (χ0n) is 37.3. The number of hydrogen-bond acceptors (Lipinski definition) is 14. The maximum Gasteiger partial charge on any atom is 0.263 e. The number of rotatable bonds is 14. The molecule has 3 aliphatic carbocycles. The van der Waals surface area contributed by atoms with Crippen LogP contribution in [0.25, 0.3) is 11.0 Å². The minimum atomic E-state index is -0.279. The van der Waals surface area contributed by atoms with Crippen molar-refractivity contribution in [3.8, 4) is 0 Å². The molecule has 2 amide bonds. The molecule has 1 spiro atoms. The van der Waals surface area contributed by atoms with E-state index in [0.29, 0.717) is 57.9 Å². The average Bonchev–Trinajstić information content (AvgIpc) is 3.91. The average molecular weight is 871 g/mol. The lowest BCUT2D eigenvalue weighted by molar-refractivity contribution is -0.125. The maximum absolute atomic E-state index is 13.6. The number of piperazine rings is 1. The topological polar surface area (TPSA) is 209 Å². The Morgan fingerprint density at radius 3 is 2.28 bits per heavy atom. The van der Waals surface area contributed by atoms with E-state index in [1.165, 1.54) is 6.92 Å². The first-order chi connectivity index (χ1) is 30.9. The van der Waals surface area contributed by atoms with Gasteiger partial charge in [0.25, 0.3) is 11.5 Å². The summed E-state index contributed by atoms with van der Waals surface area (Å²) in [5.74, 6) is 2.21. The molecule has 0 radical (unpaired) electrons. The van der Waals surface area contributed by atoms with Crippen molar-refractivity contribution in [2.24, 2.45) is 5.41 Å². The van der Waals surface area contributed by atoms with E-state index in [1.807, 2.05) is 42.9 Å². The molecule has 4 aliphatic rings. The number of anilines is 6. The van der Waals surface area contributed by atoms with Crippen molar-refractivity contribution in [3.63, 3.8) is 0 Å². The molecule has 5 N–H and O–H groups in total. The van der Waals surface area contributed by atoms with E-state index >= 15 is 0 Å². The van der Waals surface area contributed by atoms with E-state index < -0.39 is 0 Å². The van der Waals surface area contributed by atoms with Crippen LogP contribution in [-0.4, -0.2) is 109 Å². The second kappa shape index (κ2) is 17.6. The summed E-state index contributed by atoms with van der Waals surface area (Å²) < 4.78 is 3.55. The van der Waals surface area contributed by atoms with Gasteiger partial charge < -0.3 is 31.5 Å². The van der Waals surface area contributed by atoms with Crippen molar-refractivity contribution in [2.45, 2.75) is 104 Å². The summed E-state index contributed by atoms with van der Waals surface area (Å²) in [5.41, 5.74) is 3.72. The van der Waals surface area contributed by atoms with Crippen LogP contribution in [0, 0.1) is 19.3 Å². The number of fused-ring (bicyclic) bond motifs is 1. The third kappa shape index (κ3) is 8.62. The second-order valence-corrected chi connectivity index (χ2v) is 18.1. The number of hydrogen-bond donors (Lipinski definition) is 5. The molecule has 18 nitrogen and oxygen atoms in total. The van der Waals surface area contributed by atoms with Crippen LogP contribution < -0.4 is 37.0 Å². The first-order valence-corrected chi connectivity index (χ1v) is 22.6. The number of carbonyl (C=O) groups excluding carboxylic acids is 3. The van der Waals surface area contributed by atoms with Gasteiger partial charge in [0.05, 0.1) is 29.6 Å². The SMILES string of the molecule is CCn1nc(NC(=O)c2ccc(NC)nc2NC2CC3(CC(NC(=O)CN4CCN(c5ccc(Nc6ncc7c(C)c(C(C)=O)c(=O)n(C8CCCC8)c7n6)nc5)CC4)C3)C2)cc1C. The number of ketones is 1. The number of nitrogens with one attached hydrogen (secondary N) is 5. The number of amides is 2. The van der Waals surface area contributed by atoms with Crippen molar-refractivity contribution in [2.75, 3.05) is 65.9 Å². The van der Waals surface area contributed by atoms with Gasteiger partial charge in [-0.05, 0) is 101 Å².